The first-order valence-electron chi connectivity index (χ1n) is 24.1. The van der Waals surface area contributed by atoms with E-state index >= 15 is 0 Å². The fraction of sp³-hybridized carbons (Fsp3) is 0. The standard InChI is InChI=1S/C66H42N4/c1-4-19-46(20-5-1)68-58-37-28-43-16-10-13-25-52(43)64(58)55-34-31-49(40-61(55)68)67(50-32-35-56-62(41-50)69(47-21-6-2-7-22-47)59-38-29-44-17-11-14-26-53(44)65(56)59)51-33-36-57-63(42-51)70(48-23-8-3-9-24-48)60-39-30-45-18-12-15-27-54(45)66(57)60/h1-42H. The van der Waals surface area contributed by atoms with Gasteiger partial charge in [0.15, 0.2) is 0 Å². The maximum atomic E-state index is 2.47. The lowest BCUT2D eigenvalue weighted by molar-refractivity contribution is 1.17. The lowest BCUT2D eigenvalue weighted by atomic mass is 10.0. The largest absolute Gasteiger partial charge is 0.310 e. The Labute approximate surface area is 403 Å². The van der Waals surface area contributed by atoms with Crippen molar-refractivity contribution in [3.8, 4) is 17.1 Å². The number of nitrogens with zero attached hydrogens (tertiary/aromatic N) is 4. The van der Waals surface area contributed by atoms with Crippen molar-refractivity contribution >= 4 is 115 Å². The highest BCUT2D eigenvalue weighted by molar-refractivity contribution is 6.24. The number of para-hydroxylation sites is 3. The molecule has 4 nitrogen and oxygen atoms in total. The van der Waals surface area contributed by atoms with Crippen molar-refractivity contribution < 1.29 is 0 Å². The molecule has 0 amide bonds. The summed E-state index contributed by atoms with van der Waals surface area (Å²) in [5, 5.41) is 14.9. The molecule has 0 aliphatic rings. The highest BCUT2D eigenvalue weighted by Gasteiger charge is 2.23. The molecular formula is C66H42N4. The SMILES string of the molecule is c1ccc(-n2c3cc(N(c4ccc5c6c7ccccc7ccc6n(-c6ccccc6)c5c4)c4ccc5c6c7ccccc7ccc6n(-c6ccccc6)c5c4)ccc3c3c4ccccc4ccc32)cc1. The zero-order chi connectivity index (χ0) is 45.9. The molecule has 326 valence electrons. The van der Waals surface area contributed by atoms with Gasteiger partial charge in [0.2, 0.25) is 0 Å². The average molecular weight is 891 g/mol. The van der Waals surface area contributed by atoms with E-state index in [2.05, 4.69) is 273 Å². The van der Waals surface area contributed by atoms with E-state index < -0.39 is 0 Å². The van der Waals surface area contributed by atoms with E-state index in [0.717, 1.165) is 50.7 Å². The van der Waals surface area contributed by atoms with E-state index in [-0.39, 0.29) is 0 Å². The number of rotatable bonds is 6. The third-order valence-electron chi connectivity index (χ3n) is 14.7. The van der Waals surface area contributed by atoms with Gasteiger partial charge >= 0.3 is 0 Å². The van der Waals surface area contributed by atoms with Gasteiger partial charge in [0.25, 0.3) is 0 Å². The first-order chi connectivity index (χ1) is 34.7. The zero-order valence-electron chi connectivity index (χ0n) is 38.0. The predicted octanol–water partition coefficient (Wildman–Crippen LogP) is 17.9. The lowest BCUT2D eigenvalue weighted by Crippen LogP contribution is -2.10. The Morgan fingerprint density at radius 1 is 0.214 bits per heavy atom. The number of benzene rings is 12. The zero-order valence-corrected chi connectivity index (χ0v) is 38.0. The van der Waals surface area contributed by atoms with E-state index in [0.29, 0.717) is 0 Å². The highest BCUT2D eigenvalue weighted by atomic mass is 15.2. The minimum Gasteiger partial charge on any atom is -0.310 e. The Bertz CT molecular complexity index is 4110. The van der Waals surface area contributed by atoms with Crippen LogP contribution in [0.1, 0.15) is 0 Å². The number of anilines is 3. The molecule has 0 saturated heterocycles. The van der Waals surface area contributed by atoms with Gasteiger partial charge in [0.05, 0.1) is 33.1 Å². The van der Waals surface area contributed by atoms with Crippen molar-refractivity contribution in [2.45, 2.75) is 0 Å². The normalized spacial score (nSPS) is 12.0. The van der Waals surface area contributed by atoms with Gasteiger partial charge in [-0.05, 0) is 123 Å². The number of hydrogen-bond donors (Lipinski definition) is 0. The van der Waals surface area contributed by atoms with Crippen LogP contribution in [0.15, 0.2) is 255 Å². The lowest BCUT2D eigenvalue weighted by Gasteiger charge is -2.26. The van der Waals surface area contributed by atoms with Crippen LogP contribution in [0.2, 0.25) is 0 Å². The Balaban J connectivity index is 1.06. The molecule has 0 spiro atoms. The second kappa shape index (κ2) is 15.1. The minimum absolute atomic E-state index is 1.07. The van der Waals surface area contributed by atoms with Crippen LogP contribution in [0, 0.1) is 0 Å². The van der Waals surface area contributed by atoms with Gasteiger partial charge in [-0.15, -0.1) is 0 Å². The summed E-state index contributed by atoms with van der Waals surface area (Å²) in [6.07, 6.45) is 0. The van der Waals surface area contributed by atoms with E-state index in [9.17, 15) is 0 Å². The molecule has 0 radical (unpaired) electrons. The highest BCUT2D eigenvalue weighted by Crippen LogP contribution is 2.46. The molecule has 4 heteroatoms. The molecule has 70 heavy (non-hydrogen) atoms. The van der Waals surface area contributed by atoms with Gasteiger partial charge in [-0.25, -0.2) is 0 Å². The predicted molar refractivity (Wildman–Crippen MR) is 297 cm³/mol. The number of hydrogen-bond acceptors (Lipinski definition) is 1. The van der Waals surface area contributed by atoms with E-state index in [1.165, 1.54) is 81.2 Å². The van der Waals surface area contributed by atoms with E-state index in [1.54, 1.807) is 0 Å². The molecule has 0 bridgehead atoms. The second-order valence-corrected chi connectivity index (χ2v) is 18.5. The van der Waals surface area contributed by atoms with Crippen molar-refractivity contribution in [1.82, 2.24) is 13.7 Å². The van der Waals surface area contributed by atoms with Gasteiger partial charge < -0.3 is 18.6 Å². The molecule has 0 saturated carbocycles. The van der Waals surface area contributed by atoms with Crippen LogP contribution in [-0.4, -0.2) is 13.7 Å². The van der Waals surface area contributed by atoms with Gasteiger partial charge in [0, 0.05) is 66.4 Å². The third-order valence-corrected chi connectivity index (χ3v) is 14.7. The molecule has 0 aliphatic heterocycles. The van der Waals surface area contributed by atoms with Crippen LogP contribution in [0.4, 0.5) is 17.1 Å². The quantitative estimate of drug-likeness (QED) is 0.163. The molecule has 12 aromatic carbocycles. The summed E-state index contributed by atoms with van der Waals surface area (Å²) in [5.41, 5.74) is 13.6. The second-order valence-electron chi connectivity index (χ2n) is 18.5. The monoisotopic (exact) mass is 890 g/mol. The summed E-state index contributed by atoms with van der Waals surface area (Å²) >= 11 is 0. The summed E-state index contributed by atoms with van der Waals surface area (Å²) in [4.78, 5) is 2.47. The molecule has 0 N–H and O–H groups in total. The molecule has 3 heterocycles. The topological polar surface area (TPSA) is 18.0 Å². The van der Waals surface area contributed by atoms with Crippen LogP contribution in [0.3, 0.4) is 0 Å². The van der Waals surface area contributed by atoms with Crippen molar-refractivity contribution in [3.05, 3.63) is 255 Å². The van der Waals surface area contributed by atoms with Crippen molar-refractivity contribution in [2.75, 3.05) is 4.90 Å². The molecule has 15 rings (SSSR count). The van der Waals surface area contributed by atoms with Gasteiger partial charge in [-0.3, -0.25) is 0 Å². The van der Waals surface area contributed by atoms with Gasteiger partial charge in [-0.1, -0.05) is 164 Å². The maximum absolute atomic E-state index is 2.47. The van der Waals surface area contributed by atoms with E-state index in [4.69, 9.17) is 0 Å². The molecule has 0 fully saturated rings. The Morgan fingerprint density at radius 2 is 0.500 bits per heavy atom. The molecule has 0 atom stereocenters. The van der Waals surface area contributed by atoms with Crippen LogP contribution >= 0.6 is 0 Å². The van der Waals surface area contributed by atoms with Crippen LogP contribution in [0.25, 0.3) is 115 Å². The first-order valence-corrected chi connectivity index (χ1v) is 24.1. The summed E-state index contributed by atoms with van der Waals surface area (Å²) in [6.45, 7) is 0. The number of fused-ring (bicyclic) bond motifs is 15. The van der Waals surface area contributed by atoms with Crippen molar-refractivity contribution in [1.29, 1.82) is 0 Å². The summed E-state index contributed by atoms with van der Waals surface area (Å²) in [5.74, 6) is 0. The summed E-state index contributed by atoms with van der Waals surface area (Å²) in [7, 11) is 0. The minimum atomic E-state index is 1.07. The smallest absolute Gasteiger partial charge is 0.0562 e. The third kappa shape index (κ3) is 5.65. The Hall–Kier alpha value is -9.38. The fourth-order valence-corrected chi connectivity index (χ4v) is 11.8. The Morgan fingerprint density at radius 3 is 0.814 bits per heavy atom. The molecular weight excluding hydrogens is 849 g/mol. The van der Waals surface area contributed by atoms with Gasteiger partial charge in [0.1, 0.15) is 0 Å². The van der Waals surface area contributed by atoms with Crippen LogP contribution in [-0.2, 0) is 0 Å². The molecule has 0 aliphatic carbocycles. The molecule has 0 unspecified atom stereocenters. The van der Waals surface area contributed by atoms with Crippen molar-refractivity contribution in [2.24, 2.45) is 0 Å². The van der Waals surface area contributed by atoms with Crippen molar-refractivity contribution in [3.63, 3.8) is 0 Å². The summed E-state index contributed by atoms with van der Waals surface area (Å²) in [6, 6.07) is 93.7. The summed E-state index contributed by atoms with van der Waals surface area (Å²) < 4.78 is 7.34. The Kier molecular flexibility index (Phi) is 8.33. The van der Waals surface area contributed by atoms with Crippen LogP contribution < -0.4 is 4.90 Å². The van der Waals surface area contributed by atoms with Gasteiger partial charge in [-0.2, -0.15) is 0 Å². The average Bonchev–Trinajstić information content (AvgIpc) is 4.07. The van der Waals surface area contributed by atoms with Crippen LogP contribution in [0.5, 0.6) is 0 Å². The number of aromatic nitrogens is 3. The molecule has 3 aromatic heterocycles. The molecule has 15 aromatic rings. The fourth-order valence-electron chi connectivity index (χ4n) is 11.8. The van der Waals surface area contributed by atoms with E-state index in [1.807, 2.05) is 0 Å². The maximum Gasteiger partial charge on any atom is 0.0562 e. The first kappa shape index (κ1) is 38.7.